The van der Waals surface area contributed by atoms with E-state index in [9.17, 15) is 20.3 Å². The maximum Gasteiger partial charge on any atom is 0.410 e. The molecule has 15 heteroatoms. The molecule has 0 spiro atoms. The predicted octanol–water partition coefficient (Wildman–Crippen LogP) is 14.1. The molecule has 1 saturated carbocycles. The first kappa shape index (κ1) is 57.7. The van der Waals surface area contributed by atoms with Gasteiger partial charge < -0.3 is 43.5 Å². The number of non-ortho nitro benzene ring substituents is 1. The number of carbonyl (C=O) groups excluding carboxylic acids is 1. The van der Waals surface area contributed by atoms with Crippen molar-refractivity contribution in [1.29, 1.82) is 0 Å². The van der Waals surface area contributed by atoms with Crippen molar-refractivity contribution in [3.05, 3.63) is 141 Å². The minimum atomic E-state index is -1.55. The van der Waals surface area contributed by atoms with Gasteiger partial charge in [0, 0.05) is 49.8 Å². The molecule has 6 unspecified atom stereocenters. The number of nitrogens with zero attached hydrogens (tertiary/aromatic N) is 3. The molecule has 15 nitrogen and oxygen atoms in total. The molecule has 0 saturated heterocycles. The summed E-state index contributed by atoms with van der Waals surface area (Å²) < 4.78 is 39.4. The molecule has 0 bridgehead atoms. The Labute approximate surface area is 460 Å². The van der Waals surface area contributed by atoms with E-state index in [1.165, 1.54) is 50.7 Å². The number of nitro groups is 1. The van der Waals surface area contributed by atoms with Crippen molar-refractivity contribution in [2.45, 2.75) is 161 Å². The first-order valence-electron chi connectivity index (χ1n) is 28.6. The Balaban J connectivity index is 1.25. The van der Waals surface area contributed by atoms with Crippen molar-refractivity contribution in [2.24, 2.45) is 22.9 Å². The quantitative estimate of drug-likeness (QED) is 0.0211. The number of benzene rings is 4. The summed E-state index contributed by atoms with van der Waals surface area (Å²) in [5, 5.41) is 36.8. The predicted molar refractivity (Wildman–Crippen MR) is 300 cm³/mol. The van der Waals surface area contributed by atoms with E-state index in [1.807, 2.05) is 48.5 Å². The Hall–Kier alpha value is -6.42. The van der Waals surface area contributed by atoms with Crippen LogP contribution in [-0.4, -0.2) is 76.9 Å². The highest BCUT2D eigenvalue weighted by Gasteiger charge is 2.66. The summed E-state index contributed by atoms with van der Waals surface area (Å²) in [5.74, 6) is 0.638. The third kappa shape index (κ3) is 14.2. The number of aryl methyl sites for hydroxylation is 2. The minimum absolute atomic E-state index is 0.00829. The van der Waals surface area contributed by atoms with Gasteiger partial charge in [0.25, 0.3) is 5.69 Å². The number of hydrogen-bond donors (Lipinski definition) is 2. The van der Waals surface area contributed by atoms with E-state index in [-0.39, 0.29) is 76.2 Å². The van der Waals surface area contributed by atoms with E-state index in [0.717, 1.165) is 72.8 Å². The first-order chi connectivity index (χ1) is 38.1. The summed E-state index contributed by atoms with van der Waals surface area (Å²) in [6, 6.07) is 23.0. The van der Waals surface area contributed by atoms with Crippen LogP contribution < -0.4 is 18.9 Å². The van der Waals surface area contributed by atoms with Crippen LogP contribution in [-0.2, 0) is 27.5 Å². The Morgan fingerprint density at radius 1 is 0.808 bits per heavy atom. The lowest BCUT2D eigenvalue weighted by molar-refractivity contribution is -0.384. The molecule has 2 aliphatic heterocycles. The molecule has 6 atom stereocenters. The fraction of sp³-hybridized carbons (Fsp3) is 0.524. The molecule has 0 radical (unpaired) electrons. The van der Waals surface area contributed by atoms with Crippen LogP contribution in [0.15, 0.2) is 108 Å². The summed E-state index contributed by atoms with van der Waals surface area (Å²) in [6.45, 7) is 11.1. The van der Waals surface area contributed by atoms with Crippen molar-refractivity contribution >= 4 is 17.5 Å². The number of nitro benzene ring substituents is 1. The van der Waals surface area contributed by atoms with Gasteiger partial charge in [0.2, 0.25) is 12.6 Å². The summed E-state index contributed by atoms with van der Waals surface area (Å²) in [6.07, 6.45) is 19.3. The van der Waals surface area contributed by atoms with Crippen molar-refractivity contribution in [2.75, 3.05) is 33.2 Å². The monoisotopic (exact) mass is 1070 g/mol. The normalized spacial score (nSPS) is 21.2. The second-order valence-electron chi connectivity index (χ2n) is 21.4. The molecule has 420 valence electrons. The van der Waals surface area contributed by atoms with Gasteiger partial charge in [-0.3, -0.25) is 15.0 Å². The van der Waals surface area contributed by atoms with E-state index < -0.39 is 28.8 Å². The van der Waals surface area contributed by atoms with Crippen molar-refractivity contribution in [3.8, 4) is 28.7 Å². The molecule has 4 aromatic rings. The molecule has 2 N–H and O–H groups in total. The van der Waals surface area contributed by atoms with Gasteiger partial charge in [0.05, 0.1) is 29.8 Å². The van der Waals surface area contributed by atoms with Crippen LogP contribution >= 0.6 is 0 Å². The van der Waals surface area contributed by atoms with E-state index in [1.54, 1.807) is 23.1 Å². The average molecular weight is 1070 g/mol. The third-order valence-electron chi connectivity index (χ3n) is 16.0. The topological polar surface area (TPSA) is 181 Å². The highest BCUT2D eigenvalue weighted by atomic mass is 16.7. The standard InChI is InChI=1S/C63H81N3O12/c1-5-7-8-9-10-11-12-13-14-19-35-72-62(69)65(41-47-25-30-57-58(37-47)74-43-73-57)59-40-55(64-76-42-46-23-26-49(27-24-46)66(70)71)53-38-48(20-15-17-32-67)52(21-16-18-33-68)60-54-39-51(77-50-28-22-44(3)45(4)36-50)29-31-56(54)78-63(59,61(53)60)75-34-6-2/h6,22-31,36-39,48,52,59-61,67-68H,2,5,7-21,32-35,40-43H2,1,3-4H3. The molecule has 4 aromatic carbocycles. The van der Waals surface area contributed by atoms with Crippen LogP contribution in [0.5, 0.6) is 28.7 Å². The van der Waals surface area contributed by atoms with Crippen LogP contribution in [0.4, 0.5) is 10.5 Å². The number of hydrogen-bond acceptors (Lipinski definition) is 13. The average Bonchev–Trinajstić information content (AvgIpc) is 3.07. The van der Waals surface area contributed by atoms with Gasteiger partial charge in [-0.1, -0.05) is 107 Å². The number of oxime groups is 1. The molecule has 2 heterocycles. The maximum atomic E-state index is 15.3. The van der Waals surface area contributed by atoms with Gasteiger partial charge in [0.15, 0.2) is 11.5 Å². The molecular formula is C63H81N3O12. The fourth-order valence-electron chi connectivity index (χ4n) is 11.9. The van der Waals surface area contributed by atoms with Crippen molar-refractivity contribution < 1.29 is 53.2 Å². The van der Waals surface area contributed by atoms with Crippen LogP contribution in [0.2, 0.25) is 0 Å². The third-order valence-corrected chi connectivity index (χ3v) is 16.0. The van der Waals surface area contributed by atoms with Gasteiger partial charge in [-0.15, -0.1) is 6.58 Å². The van der Waals surface area contributed by atoms with Crippen molar-refractivity contribution in [1.82, 2.24) is 4.90 Å². The zero-order valence-electron chi connectivity index (χ0n) is 46.0. The van der Waals surface area contributed by atoms with Gasteiger partial charge >= 0.3 is 6.09 Å². The highest BCUT2D eigenvalue weighted by molar-refractivity contribution is 6.03. The zero-order chi connectivity index (χ0) is 54.9. The lowest BCUT2D eigenvalue weighted by atomic mass is 9.55. The summed E-state index contributed by atoms with van der Waals surface area (Å²) in [5.41, 5.74) is 6.09. The molecular weight excluding hydrogens is 991 g/mol. The van der Waals surface area contributed by atoms with Gasteiger partial charge in [0.1, 0.15) is 29.9 Å². The second-order valence-corrected chi connectivity index (χ2v) is 21.4. The van der Waals surface area contributed by atoms with Crippen LogP contribution in [0.1, 0.15) is 150 Å². The number of amides is 1. The van der Waals surface area contributed by atoms with Crippen LogP contribution in [0, 0.1) is 41.7 Å². The Morgan fingerprint density at radius 2 is 1.49 bits per heavy atom. The summed E-state index contributed by atoms with van der Waals surface area (Å²) >= 11 is 0. The molecule has 1 amide bonds. The number of rotatable bonds is 31. The first-order valence-corrected chi connectivity index (χ1v) is 28.6. The van der Waals surface area contributed by atoms with E-state index in [4.69, 9.17) is 38.4 Å². The lowest BCUT2D eigenvalue weighted by Crippen LogP contribution is -2.70. The second kappa shape index (κ2) is 28.5. The van der Waals surface area contributed by atoms with Crippen LogP contribution in [0.3, 0.4) is 0 Å². The SMILES string of the molecule is C=CCOC12Oc3ccc(Oc4ccc(C)c(C)c4)cc3C3C(CCCCO)C(CCCCO)C=C(C(=NOCc4ccc([N+](=O)[O-])cc4)CC1N(Cc1ccc4c(c1)OCO4)C(=O)OCCCCCCCCCCCC)C32. The summed E-state index contributed by atoms with van der Waals surface area (Å²) in [4.78, 5) is 34.5. The Morgan fingerprint density at radius 3 is 2.21 bits per heavy atom. The number of unbranched alkanes of at least 4 members (excludes halogenated alkanes) is 11. The number of aliphatic hydroxyl groups is 2. The molecule has 4 aliphatic rings. The van der Waals surface area contributed by atoms with Gasteiger partial charge in [-0.2, -0.15) is 0 Å². The molecule has 78 heavy (non-hydrogen) atoms. The van der Waals surface area contributed by atoms with Crippen molar-refractivity contribution in [3.63, 3.8) is 0 Å². The minimum Gasteiger partial charge on any atom is -0.459 e. The maximum absolute atomic E-state index is 15.3. The smallest absolute Gasteiger partial charge is 0.410 e. The molecule has 8 rings (SSSR count). The summed E-state index contributed by atoms with van der Waals surface area (Å²) in [7, 11) is 0. The highest BCUT2D eigenvalue weighted by Crippen LogP contribution is 2.62. The largest absolute Gasteiger partial charge is 0.459 e. The van der Waals surface area contributed by atoms with Crippen LogP contribution in [0.25, 0.3) is 0 Å². The van der Waals surface area contributed by atoms with E-state index >= 15 is 4.79 Å². The zero-order valence-corrected chi connectivity index (χ0v) is 46.0. The fourth-order valence-corrected chi connectivity index (χ4v) is 11.9. The Kier molecular flexibility index (Phi) is 21.1. The van der Waals surface area contributed by atoms with Gasteiger partial charge in [-0.25, -0.2) is 4.79 Å². The molecule has 2 aliphatic carbocycles. The number of aliphatic hydroxyl groups excluding tert-OH is 2. The lowest BCUT2D eigenvalue weighted by Gasteiger charge is -2.59. The number of fused-ring (bicyclic) bond motifs is 3. The van der Waals surface area contributed by atoms with Gasteiger partial charge in [-0.05, 0) is 140 Å². The number of allylic oxidation sites excluding steroid dienone is 1. The molecule has 1 fully saturated rings. The van der Waals surface area contributed by atoms with E-state index in [2.05, 4.69) is 39.5 Å². The number of ether oxygens (including phenoxy) is 6. The van der Waals surface area contributed by atoms with E-state index in [0.29, 0.717) is 59.3 Å². The Bertz CT molecular complexity index is 2690. The number of carbonyl (C=O) groups is 1. The molecule has 0 aromatic heterocycles.